The Kier molecular flexibility index (Phi) is 12.6. The number of aromatic amines is 1. The Hall–Kier alpha value is -3.09. The van der Waals surface area contributed by atoms with Crippen LogP contribution < -0.4 is 27.4 Å². The molecule has 0 aliphatic carbocycles. The fourth-order valence-corrected chi connectivity index (χ4v) is 4.31. The van der Waals surface area contributed by atoms with Gasteiger partial charge in [-0.25, -0.2) is 4.79 Å². The molecule has 2 aromatic rings. The maximum atomic E-state index is 13.3. The summed E-state index contributed by atoms with van der Waals surface area (Å²) in [7, 11) is 0. The minimum atomic E-state index is -1.16. The normalized spacial score (nSPS) is 15.2. The van der Waals surface area contributed by atoms with Gasteiger partial charge in [0.25, 0.3) is 0 Å². The van der Waals surface area contributed by atoms with Crippen LogP contribution in [0.3, 0.4) is 0 Å². The van der Waals surface area contributed by atoms with E-state index in [9.17, 15) is 24.3 Å². The van der Waals surface area contributed by atoms with Gasteiger partial charge in [-0.3, -0.25) is 14.4 Å². The van der Waals surface area contributed by atoms with Gasteiger partial charge in [0.15, 0.2) is 0 Å². The Labute approximate surface area is 228 Å². The van der Waals surface area contributed by atoms with Crippen LogP contribution in [0.25, 0.3) is 10.9 Å². The van der Waals surface area contributed by atoms with Gasteiger partial charge in [-0.1, -0.05) is 44.9 Å². The minimum Gasteiger partial charge on any atom is -0.480 e. The zero-order valence-electron chi connectivity index (χ0n) is 21.9. The van der Waals surface area contributed by atoms with Crippen molar-refractivity contribution in [2.75, 3.05) is 12.3 Å². The standard InChI is InChI=1S/C26H40N6O5S/c1-3-15(2)22(26(36)37)32-24(34)20(12-16-13-29-19-10-5-4-8-17(16)19)30-25(35)21(14-38)31-23(33)18(28)9-6-7-11-27/h4-5,8,10,13,15,18,20-22,29,38H,3,6-7,9,11-12,14,27-28H2,1-2H3,(H,30,35)(H,31,33)(H,32,34)(H,36,37). The molecular formula is C26H40N6O5S. The first-order chi connectivity index (χ1) is 18.1. The summed E-state index contributed by atoms with van der Waals surface area (Å²) in [6.07, 6.45) is 4.21. The molecule has 0 spiro atoms. The predicted octanol–water partition coefficient (Wildman–Crippen LogP) is 0.682. The van der Waals surface area contributed by atoms with Crippen molar-refractivity contribution in [1.82, 2.24) is 20.9 Å². The number of carboxylic acid groups (broad SMARTS) is 1. The van der Waals surface area contributed by atoms with Crippen LogP contribution in [-0.4, -0.2) is 70.2 Å². The molecule has 210 valence electrons. The highest BCUT2D eigenvalue weighted by atomic mass is 32.1. The Morgan fingerprint density at radius 2 is 1.68 bits per heavy atom. The maximum Gasteiger partial charge on any atom is 0.326 e. The van der Waals surface area contributed by atoms with Crippen LogP contribution in [0.2, 0.25) is 0 Å². The highest BCUT2D eigenvalue weighted by Gasteiger charge is 2.32. The van der Waals surface area contributed by atoms with Gasteiger partial charge in [0.2, 0.25) is 17.7 Å². The molecule has 12 heteroatoms. The van der Waals surface area contributed by atoms with E-state index in [4.69, 9.17) is 11.5 Å². The number of H-pyrrole nitrogens is 1. The Bertz CT molecular complexity index is 1090. The molecule has 0 aliphatic heterocycles. The van der Waals surface area contributed by atoms with E-state index in [2.05, 4.69) is 33.6 Å². The summed E-state index contributed by atoms with van der Waals surface area (Å²) in [6.45, 7) is 4.06. The lowest BCUT2D eigenvalue weighted by Gasteiger charge is -2.26. The number of nitrogens with one attached hydrogen (secondary N) is 4. The van der Waals surface area contributed by atoms with Gasteiger partial charge in [0, 0.05) is 29.3 Å². The van der Waals surface area contributed by atoms with Crippen molar-refractivity contribution in [3.8, 4) is 0 Å². The summed E-state index contributed by atoms with van der Waals surface area (Å²) >= 11 is 4.20. The van der Waals surface area contributed by atoms with Crippen molar-refractivity contribution in [2.24, 2.45) is 17.4 Å². The molecule has 0 bridgehead atoms. The first-order valence-corrected chi connectivity index (χ1v) is 13.5. The number of carbonyl (C=O) groups is 4. The lowest BCUT2D eigenvalue weighted by Crippen LogP contribution is -2.58. The molecule has 1 heterocycles. The van der Waals surface area contributed by atoms with Gasteiger partial charge in [0.05, 0.1) is 6.04 Å². The lowest BCUT2D eigenvalue weighted by atomic mass is 9.98. The number of hydrogen-bond acceptors (Lipinski definition) is 7. The van der Waals surface area contributed by atoms with Crippen LogP contribution in [0.15, 0.2) is 30.5 Å². The van der Waals surface area contributed by atoms with E-state index in [0.717, 1.165) is 22.9 Å². The molecule has 1 aromatic carbocycles. The first kappa shape index (κ1) is 31.1. The third-order valence-electron chi connectivity index (χ3n) is 6.63. The molecule has 38 heavy (non-hydrogen) atoms. The van der Waals surface area contributed by atoms with Crippen LogP contribution in [0.5, 0.6) is 0 Å². The summed E-state index contributed by atoms with van der Waals surface area (Å²) in [5, 5.41) is 18.4. The summed E-state index contributed by atoms with van der Waals surface area (Å²) in [6, 6.07) is 3.42. The maximum absolute atomic E-state index is 13.3. The fourth-order valence-electron chi connectivity index (χ4n) is 4.05. The van der Waals surface area contributed by atoms with Gasteiger partial charge in [-0.05, 0) is 36.9 Å². The van der Waals surface area contributed by atoms with E-state index in [1.165, 1.54) is 0 Å². The van der Waals surface area contributed by atoms with Gasteiger partial charge in [-0.2, -0.15) is 12.6 Å². The van der Waals surface area contributed by atoms with E-state index < -0.39 is 47.9 Å². The number of fused-ring (bicyclic) bond motifs is 1. The van der Waals surface area contributed by atoms with Crippen LogP contribution in [0.4, 0.5) is 0 Å². The molecular weight excluding hydrogens is 508 g/mol. The number of para-hydroxylation sites is 1. The second-order valence-corrected chi connectivity index (χ2v) is 9.83. The Morgan fingerprint density at radius 3 is 2.32 bits per heavy atom. The van der Waals surface area contributed by atoms with Crippen molar-refractivity contribution in [3.63, 3.8) is 0 Å². The van der Waals surface area contributed by atoms with Crippen LogP contribution in [0.1, 0.15) is 45.1 Å². The molecule has 5 atom stereocenters. The van der Waals surface area contributed by atoms with Crippen LogP contribution in [0, 0.1) is 5.92 Å². The number of hydrogen-bond donors (Lipinski definition) is 8. The number of rotatable bonds is 16. The zero-order valence-corrected chi connectivity index (χ0v) is 22.8. The molecule has 1 aromatic heterocycles. The van der Waals surface area contributed by atoms with Gasteiger partial charge in [0.1, 0.15) is 18.1 Å². The predicted molar refractivity (Wildman–Crippen MR) is 150 cm³/mol. The number of amides is 3. The number of carbonyl (C=O) groups excluding carboxylic acids is 3. The molecule has 11 nitrogen and oxygen atoms in total. The summed E-state index contributed by atoms with van der Waals surface area (Å²) < 4.78 is 0. The van der Waals surface area contributed by atoms with E-state index in [0.29, 0.717) is 25.8 Å². The van der Waals surface area contributed by atoms with Crippen LogP contribution >= 0.6 is 12.6 Å². The molecule has 0 fully saturated rings. The minimum absolute atomic E-state index is 0.0286. The molecule has 9 N–H and O–H groups in total. The van der Waals surface area contributed by atoms with Gasteiger partial charge < -0.3 is 37.5 Å². The number of nitrogens with two attached hydrogens (primary N) is 2. The van der Waals surface area contributed by atoms with Crippen molar-refractivity contribution in [2.45, 2.75) is 70.1 Å². The van der Waals surface area contributed by atoms with Gasteiger partial charge >= 0.3 is 5.97 Å². The van der Waals surface area contributed by atoms with Crippen molar-refractivity contribution >= 4 is 47.2 Å². The summed E-state index contributed by atoms with van der Waals surface area (Å²) in [5.74, 6) is -3.28. The fraction of sp³-hybridized carbons (Fsp3) is 0.538. The Morgan fingerprint density at radius 1 is 1.03 bits per heavy atom. The summed E-state index contributed by atoms with van der Waals surface area (Å²) in [4.78, 5) is 54.0. The van der Waals surface area contributed by atoms with Crippen molar-refractivity contribution < 1.29 is 24.3 Å². The molecule has 2 rings (SSSR count). The van der Waals surface area contributed by atoms with Crippen molar-refractivity contribution in [1.29, 1.82) is 0 Å². The van der Waals surface area contributed by atoms with Gasteiger partial charge in [-0.15, -0.1) is 0 Å². The number of unbranched alkanes of at least 4 members (excludes halogenated alkanes) is 1. The molecule has 0 saturated carbocycles. The second kappa shape index (κ2) is 15.4. The number of carboxylic acids is 1. The average Bonchev–Trinajstić information content (AvgIpc) is 3.31. The quantitative estimate of drug-likeness (QED) is 0.112. The molecule has 0 aliphatic rings. The third-order valence-corrected chi connectivity index (χ3v) is 7.00. The average molecular weight is 549 g/mol. The van der Waals surface area contributed by atoms with E-state index in [1.807, 2.05) is 31.2 Å². The van der Waals surface area contributed by atoms with Crippen LogP contribution in [-0.2, 0) is 25.6 Å². The van der Waals surface area contributed by atoms with Crippen molar-refractivity contribution in [3.05, 3.63) is 36.0 Å². The molecule has 0 saturated heterocycles. The number of aliphatic carboxylic acids is 1. The monoisotopic (exact) mass is 548 g/mol. The molecule has 5 unspecified atom stereocenters. The number of aromatic nitrogens is 1. The van der Waals surface area contributed by atoms with E-state index >= 15 is 0 Å². The zero-order chi connectivity index (χ0) is 28.2. The SMILES string of the molecule is CCC(C)C(NC(=O)C(Cc1c[nH]c2ccccc12)NC(=O)C(CS)NC(=O)C(N)CCCCN)C(=O)O. The second-order valence-electron chi connectivity index (χ2n) is 9.47. The van der Waals surface area contributed by atoms with E-state index in [-0.39, 0.29) is 18.1 Å². The lowest BCUT2D eigenvalue weighted by molar-refractivity contribution is -0.143. The molecule has 3 amide bonds. The smallest absolute Gasteiger partial charge is 0.326 e. The first-order valence-electron chi connectivity index (χ1n) is 12.9. The number of benzene rings is 1. The topological polar surface area (TPSA) is 192 Å². The highest BCUT2D eigenvalue weighted by Crippen LogP contribution is 2.19. The largest absolute Gasteiger partial charge is 0.480 e. The third kappa shape index (κ3) is 8.74. The number of thiol groups is 1. The van der Waals surface area contributed by atoms with E-state index in [1.54, 1.807) is 13.1 Å². The molecule has 0 radical (unpaired) electrons. The summed E-state index contributed by atoms with van der Waals surface area (Å²) in [5.41, 5.74) is 13.1. The highest BCUT2D eigenvalue weighted by molar-refractivity contribution is 7.80. The Balaban J connectivity index is 2.23.